The first-order chi connectivity index (χ1) is 10.7. The molecule has 0 radical (unpaired) electrons. The molecule has 3 aliphatic rings. The monoisotopic (exact) mass is 302 g/mol. The Hall–Kier alpha value is -1.42. The van der Waals surface area contributed by atoms with Crippen molar-refractivity contribution in [3.8, 4) is 0 Å². The highest BCUT2D eigenvalue weighted by atomic mass is 19.1. The van der Waals surface area contributed by atoms with Gasteiger partial charge in [0.05, 0.1) is 6.42 Å². The lowest BCUT2D eigenvalue weighted by Crippen LogP contribution is -2.40. The van der Waals surface area contributed by atoms with E-state index < -0.39 is 0 Å². The maximum Gasteiger partial charge on any atom is 0.227 e. The molecule has 0 unspecified atom stereocenters. The van der Waals surface area contributed by atoms with Crippen LogP contribution < -0.4 is 0 Å². The predicted molar refractivity (Wildman–Crippen MR) is 82.9 cm³/mol. The van der Waals surface area contributed by atoms with Gasteiger partial charge in [-0.25, -0.2) is 4.39 Å². The van der Waals surface area contributed by atoms with E-state index in [0.29, 0.717) is 18.5 Å². The largest absolute Gasteiger partial charge is 0.338 e. The fraction of sp³-hybridized carbons (Fsp3) is 0.611. The molecule has 2 heterocycles. The fourth-order valence-electron chi connectivity index (χ4n) is 4.12. The number of hydrogen-bond acceptors (Lipinski definition) is 2. The van der Waals surface area contributed by atoms with Crippen molar-refractivity contribution in [1.29, 1.82) is 0 Å². The third-order valence-corrected chi connectivity index (χ3v) is 5.47. The van der Waals surface area contributed by atoms with Crippen molar-refractivity contribution in [1.82, 2.24) is 9.80 Å². The van der Waals surface area contributed by atoms with Gasteiger partial charge < -0.3 is 4.90 Å². The highest BCUT2D eigenvalue weighted by Gasteiger charge is 2.45. The van der Waals surface area contributed by atoms with Crippen LogP contribution in [0.2, 0.25) is 0 Å². The molecule has 1 aromatic rings. The first kappa shape index (κ1) is 14.2. The Labute approximate surface area is 131 Å². The molecule has 2 atom stereocenters. The molecule has 1 aromatic carbocycles. The zero-order chi connectivity index (χ0) is 15.1. The van der Waals surface area contributed by atoms with Gasteiger partial charge in [-0.05, 0) is 49.3 Å². The van der Waals surface area contributed by atoms with Crippen molar-refractivity contribution in [3.63, 3.8) is 0 Å². The third-order valence-electron chi connectivity index (χ3n) is 5.47. The molecule has 22 heavy (non-hydrogen) atoms. The van der Waals surface area contributed by atoms with Crippen molar-refractivity contribution in [3.05, 3.63) is 35.6 Å². The van der Waals surface area contributed by atoms with Crippen LogP contribution in [0.3, 0.4) is 0 Å². The van der Waals surface area contributed by atoms with Gasteiger partial charge in [0.15, 0.2) is 0 Å². The molecule has 3 nitrogen and oxygen atoms in total. The molecular weight excluding hydrogens is 279 g/mol. The Morgan fingerprint density at radius 1 is 1.05 bits per heavy atom. The van der Waals surface area contributed by atoms with Crippen LogP contribution in [0.5, 0.6) is 0 Å². The smallest absolute Gasteiger partial charge is 0.227 e. The number of carbonyl (C=O) groups is 1. The summed E-state index contributed by atoms with van der Waals surface area (Å²) >= 11 is 0. The maximum absolute atomic E-state index is 13.0. The molecule has 0 aromatic heterocycles. The van der Waals surface area contributed by atoms with E-state index in [1.165, 1.54) is 31.5 Å². The summed E-state index contributed by atoms with van der Waals surface area (Å²) in [6, 6.07) is 7.29. The lowest BCUT2D eigenvalue weighted by atomic mass is 10.1. The zero-order valence-corrected chi connectivity index (χ0v) is 12.9. The molecule has 0 spiro atoms. The summed E-state index contributed by atoms with van der Waals surface area (Å²) in [5, 5.41) is 0. The third kappa shape index (κ3) is 2.76. The molecule has 2 saturated heterocycles. The van der Waals surface area contributed by atoms with Crippen LogP contribution in [-0.4, -0.2) is 47.4 Å². The Morgan fingerprint density at radius 3 is 2.50 bits per heavy atom. The van der Waals surface area contributed by atoms with Crippen LogP contribution in [0.1, 0.15) is 31.2 Å². The van der Waals surface area contributed by atoms with Crippen LogP contribution in [0, 0.1) is 11.7 Å². The van der Waals surface area contributed by atoms with Crippen LogP contribution in [-0.2, 0) is 11.2 Å². The summed E-state index contributed by atoms with van der Waals surface area (Å²) in [6.07, 6.45) is 5.41. The second-order valence-corrected chi connectivity index (χ2v) is 7.04. The minimum absolute atomic E-state index is 0.201. The number of carbonyl (C=O) groups excluding carboxylic acids is 1. The van der Waals surface area contributed by atoms with E-state index in [4.69, 9.17) is 0 Å². The summed E-state index contributed by atoms with van der Waals surface area (Å²) in [7, 11) is 0. The first-order valence-corrected chi connectivity index (χ1v) is 8.48. The van der Waals surface area contributed by atoms with Gasteiger partial charge in [-0.2, -0.15) is 0 Å². The first-order valence-electron chi connectivity index (χ1n) is 8.48. The molecule has 4 rings (SSSR count). The summed E-state index contributed by atoms with van der Waals surface area (Å²) < 4.78 is 13.0. The lowest BCUT2D eigenvalue weighted by molar-refractivity contribution is -0.131. The molecule has 3 fully saturated rings. The Balaban J connectivity index is 1.38. The van der Waals surface area contributed by atoms with Crippen molar-refractivity contribution in [2.45, 2.75) is 44.2 Å². The minimum atomic E-state index is -0.246. The van der Waals surface area contributed by atoms with Gasteiger partial charge in [0.1, 0.15) is 5.82 Å². The van der Waals surface area contributed by atoms with Crippen molar-refractivity contribution >= 4 is 5.91 Å². The number of rotatable bonds is 4. The molecule has 0 N–H and O–H groups in total. The van der Waals surface area contributed by atoms with Crippen LogP contribution in [0.4, 0.5) is 4.39 Å². The topological polar surface area (TPSA) is 23.6 Å². The summed E-state index contributed by atoms with van der Waals surface area (Å²) in [4.78, 5) is 17.3. The minimum Gasteiger partial charge on any atom is -0.338 e. The fourth-order valence-corrected chi connectivity index (χ4v) is 4.12. The van der Waals surface area contributed by atoms with Gasteiger partial charge in [-0.3, -0.25) is 9.69 Å². The number of nitrogens with zero attached hydrogens (tertiary/aromatic N) is 2. The number of amides is 1. The Morgan fingerprint density at radius 2 is 1.77 bits per heavy atom. The van der Waals surface area contributed by atoms with Crippen LogP contribution in [0.25, 0.3) is 0 Å². The van der Waals surface area contributed by atoms with E-state index in [0.717, 1.165) is 37.4 Å². The summed E-state index contributed by atoms with van der Waals surface area (Å²) in [5.74, 6) is 0.874. The number of halogens is 1. The maximum atomic E-state index is 13.0. The molecule has 1 amide bonds. The van der Waals surface area contributed by atoms with Crippen LogP contribution in [0.15, 0.2) is 24.3 Å². The number of likely N-dealkylation sites (tertiary alicyclic amines) is 2. The average molecular weight is 302 g/mol. The quantitative estimate of drug-likeness (QED) is 0.853. The molecule has 4 heteroatoms. The predicted octanol–water partition coefficient (Wildman–Crippen LogP) is 2.45. The molecule has 118 valence electrons. The van der Waals surface area contributed by atoms with E-state index in [1.807, 2.05) is 0 Å². The van der Waals surface area contributed by atoms with Gasteiger partial charge in [-0.1, -0.05) is 12.1 Å². The van der Waals surface area contributed by atoms with Gasteiger partial charge >= 0.3 is 0 Å². The molecule has 2 aliphatic heterocycles. The van der Waals surface area contributed by atoms with Gasteiger partial charge in [-0.15, -0.1) is 0 Å². The number of hydrogen-bond donors (Lipinski definition) is 0. The van der Waals surface area contributed by atoms with Crippen molar-refractivity contribution < 1.29 is 9.18 Å². The van der Waals surface area contributed by atoms with Gasteiger partial charge in [0, 0.05) is 31.7 Å². The highest BCUT2D eigenvalue weighted by Crippen LogP contribution is 2.36. The molecule has 1 saturated carbocycles. The highest BCUT2D eigenvalue weighted by molar-refractivity contribution is 5.79. The standard InChI is InChI=1S/C18H23FN2O/c19-15-5-3-13(4-6-15)11-18(22)21-10-8-16-17(21)7-9-20(16)12-14-1-2-14/h3-6,14,16-17H,1-2,7-12H2/t16-,17+/m0/s1. The molecular formula is C18H23FN2O. The lowest BCUT2D eigenvalue weighted by Gasteiger charge is -2.25. The average Bonchev–Trinajstić information content (AvgIpc) is 3.08. The Bertz CT molecular complexity index is 555. The van der Waals surface area contributed by atoms with Crippen molar-refractivity contribution in [2.24, 2.45) is 5.92 Å². The second-order valence-electron chi connectivity index (χ2n) is 7.04. The van der Waals surface area contributed by atoms with E-state index in [-0.39, 0.29) is 11.7 Å². The Kier molecular flexibility index (Phi) is 3.65. The number of benzene rings is 1. The van der Waals surface area contributed by atoms with E-state index >= 15 is 0 Å². The van der Waals surface area contributed by atoms with Gasteiger partial charge in [0.25, 0.3) is 0 Å². The zero-order valence-electron chi connectivity index (χ0n) is 12.9. The van der Waals surface area contributed by atoms with Gasteiger partial charge in [0.2, 0.25) is 5.91 Å². The molecule has 0 bridgehead atoms. The van der Waals surface area contributed by atoms with Crippen molar-refractivity contribution in [2.75, 3.05) is 19.6 Å². The van der Waals surface area contributed by atoms with Crippen LogP contribution >= 0.6 is 0 Å². The van der Waals surface area contributed by atoms with E-state index in [9.17, 15) is 9.18 Å². The summed E-state index contributed by atoms with van der Waals surface area (Å²) in [6.45, 7) is 3.27. The SMILES string of the molecule is O=C(Cc1ccc(F)cc1)N1CC[C@H]2[C@H]1CCN2CC1CC1. The molecule has 1 aliphatic carbocycles. The van der Waals surface area contributed by atoms with E-state index in [2.05, 4.69) is 9.80 Å². The second kappa shape index (κ2) is 5.65. The summed E-state index contributed by atoms with van der Waals surface area (Å²) in [5.41, 5.74) is 0.905. The normalized spacial score (nSPS) is 28.1. The van der Waals surface area contributed by atoms with E-state index in [1.54, 1.807) is 12.1 Å². The number of fused-ring (bicyclic) bond motifs is 1.